The molecule has 2 amide bonds. The van der Waals surface area contributed by atoms with Crippen molar-refractivity contribution in [2.24, 2.45) is 0 Å². The van der Waals surface area contributed by atoms with Gasteiger partial charge in [-0.15, -0.1) is 0 Å². The van der Waals surface area contributed by atoms with Crippen LogP contribution < -0.4 is 15.4 Å². The molecule has 1 unspecified atom stereocenters. The van der Waals surface area contributed by atoms with E-state index in [4.69, 9.17) is 9.84 Å². The Morgan fingerprint density at radius 3 is 2.85 bits per heavy atom. The van der Waals surface area contributed by atoms with Crippen molar-refractivity contribution in [2.45, 2.75) is 39.7 Å². The number of hydrogen-bond acceptors (Lipinski definition) is 3. The van der Waals surface area contributed by atoms with Gasteiger partial charge in [0, 0.05) is 12.6 Å². The van der Waals surface area contributed by atoms with Crippen LogP contribution in [0.4, 0.5) is 10.5 Å². The van der Waals surface area contributed by atoms with Gasteiger partial charge in [0.1, 0.15) is 5.75 Å². The number of carbonyl (C=O) groups excluding carboxylic acids is 1. The predicted octanol–water partition coefficient (Wildman–Crippen LogP) is 2.68. The molecule has 0 aromatic heterocycles. The summed E-state index contributed by atoms with van der Waals surface area (Å²) < 4.78 is 5.51. The van der Waals surface area contributed by atoms with Crippen molar-refractivity contribution < 1.29 is 14.6 Å². The lowest BCUT2D eigenvalue weighted by molar-refractivity contribution is 0.245. The van der Waals surface area contributed by atoms with E-state index in [1.165, 1.54) is 0 Å². The first kappa shape index (κ1) is 16.3. The largest absolute Gasteiger partial charge is 0.492 e. The number of benzene rings is 1. The molecule has 0 heterocycles. The van der Waals surface area contributed by atoms with E-state index in [1.807, 2.05) is 39.0 Å². The molecular weight excluding hydrogens is 256 g/mol. The number of aliphatic hydroxyl groups excluding tert-OH is 1. The average molecular weight is 280 g/mol. The van der Waals surface area contributed by atoms with Crippen LogP contribution in [0.25, 0.3) is 0 Å². The maximum absolute atomic E-state index is 11.9. The first-order valence-corrected chi connectivity index (χ1v) is 6.98. The molecule has 5 nitrogen and oxygen atoms in total. The van der Waals surface area contributed by atoms with Gasteiger partial charge in [0.2, 0.25) is 0 Å². The molecule has 0 aliphatic carbocycles. The molecule has 1 rings (SSSR count). The van der Waals surface area contributed by atoms with Crippen molar-refractivity contribution >= 4 is 11.7 Å². The van der Waals surface area contributed by atoms with E-state index in [1.54, 1.807) is 0 Å². The second-order valence-corrected chi connectivity index (χ2v) is 4.80. The zero-order chi connectivity index (χ0) is 15.0. The third-order valence-electron chi connectivity index (χ3n) is 2.86. The molecule has 0 aliphatic rings. The minimum Gasteiger partial charge on any atom is -0.492 e. The van der Waals surface area contributed by atoms with E-state index in [0.717, 1.165) is 12.0 Å². The normalized spacial score (nSPS) is 11.8. The lowest BCUT2D eigenvalue weighted by atomic mass is 10.2. The van der Waals surface area contributed by atoms with Crippen LogP contribution in [-0.2, 0) is 0 Å². The van der Waals surface area contributed by atoms with Crippen molar-refractivity contribution in [3.63, 3.8) is 0 Å². The summed E-state index contributed by atoms with van der Waals surface area (Å²) >= 11 is 0. The lowest BCUT2D eigenvalue weighted by Gasteiger charge is -2.16. The van der Waals surface area contributed by atoms with Crippen LogP contribution in [0, 0.1) is 6.92 Å². The van der Waals surface area contributed by atoms with Gasteiger partial charge in [0.25, 0.3) is 0 Å². The summed E-state index contributed by atoms with van der Waals surface area (Å²) in [5, 5.41) is 14.4. The third-order valence-corrected chi connectivity index (χ3v) is 2.86. The molecule has 112 valence electrons. The van der Waals surface area contributed by atoms with Crippen molar-refractivity contribution in [1.29, 1.82) is 0 Å². The molecule has 0 fully saturated rings. The van der Waals surface area contributed by atoms with Gasteiger partial charge in [-0.2, -0.15) is 0 Å². The Balaban J connectivity index is 2.61. The first-order chi connectivity index (χ1) is 9.56. The number of aliphatic hydroxyl groups is 1. The van der Waals surface area contributed by atoms with E-state index in [9.17, 15) is 4.79 Å². The highest BCUT2D eigenvalue weighted by Gasteiger charge is 2.10. The Kier molecular flexibility index (Phi) is 6.87. The molecule has 1 aromatic rings. The van der Waals surface area contributed by atoms with Gasteiger partial charge in [0.15, 0.2) is 0 Å². The van der Waals surface area contributed by atoms with E-state index in [0.29, 0.717) is 24.5 Å². The van der Waals surface area contributed by atoms with E-state index < -0.39 is 0 Å². The maximum Gasteiger partial charge on any atom is 0.319 e. The van der Waals surface area contributed by atoms with Crippen LogP contribution in [-0.4, -0.2) is 30.4 Å². The number of urea groups is 1. The number of ether oxygens (including phenoxy) is 1. The van der Waals surface area contributed by atoms with Crippen LogP contribution in [0.1, 0.15) is 32.3 Å². The summed E-state index contributed by atoms with van der Waals surface area (Å²) in [6.45, 7) is 6.48. The number of carbonyl (C=O) groups is 1. The predicted molar refractivity (Wildman–Crippen MR) is 80.3 cm³/mol. The van der Waals surface area contributed by atoms with Crippen molar-refractivity contribution in [2.75, 3.05) is 18.5 Å². The van der Waals surface area contributed by atoms with Crippen LogP contribution in [0.5, 0.6) is 5.75 Å². The maximum atomic E-state index is 11.9. The average Bonchev–Trinajstić information content (AvgIpc) is 2.40. The topological polar surface area (TPSA) is 70.6 Å². The monoisotopic (exact) mass is 280 g/mol. The highest BCUT2D eigenvalue weighted by atomic mass is 16.5. The second-order valence-electron chi connectivity index (χ2n) is 4.80. The van der Waals surface area contributed by atoms with Gasteiger partial charge in [-0.05, 0) is 51.3 Å². The molecule has 0 saturated carbocycles. The fourth-order valence-electron chi connectivity index (χ4n) is 1.86. The molecule has 0 aliphatic heterocycles. The molecular formula is C15H24N2O3. The Bertz CT molecular complexity index is 435. The van der Waals surface area contributed by atoms with Crippen molar-refractivity contribution in [1.82, 2.24) is 5.32 Å². The Hall–Kier alpha value is -1.75. The van der Waals surface area contributed by atoms with E-state index in [-0.39, 0.29) is 18.7 Å². The van der Waals surface area contributed by atoms with Crippen LogP contribution in [0.15, 0.2) is 18.2 Å². The summed E-state index contributed by atoms with van der Waals surface area (Å²) in [7, 11) is 0. The molecule has 0 bridgehead atoms. The smallest absolute Gasteiger partial charge is 0.319 e. The molecule has 20 heavy (non-hydrogen) atoms. The van der Waals surface area contributed by atoms with E-state index >= 15 is 0 Å². The van der Waals surface area contributed by atoms with Crippen LogP contribution >= 0.6 is 0 Å². The zero-order valence-electron chi connectivity index (χ0n) is 12.4. The number of nitrogens with one attached hydrogen (secondary N) is 2. The van der Waals surface area contributed by atoms with E-state index in [2.05, 4.69) is 10.6 Å². The summed E-state index contributed by atoms with van der Waals surface area (Å²) in [6.07, 6.45) is 1.42. The molecule has 1 atom stereocenters. The van der Waals surface area contributed by atoms with Gasteiger partial charge in [0.05, 0.1) is 12.3 Å². The van der Waals surface area contributed by atoms with Crippen molar-refractivity contribution in [3.05, 3.63) is 23.8 Å². The standard InChI is InChI=1S/C15H24N2O3/c1-4-20-14-10-11(2)7-8-13(14)17-15(19)16-12(3)6-5-9-18/h7-8,10,12,18H,4-6,9H2,1-3H3,(H2,16,17,19). The number of anilines is 1. The minimum atomic E-state index is -0.264. The minimum absolute atomic E-state index is 0.0168. The fraction of sp³-hybridized carbons (Fsp3) is 0.533. The molecule has 0 saturated heterocycles. The van der Waals surface area contributed by atoms with Gasteiger partial charge >= 0.3 is 6.03 Å². The summed E-state index contributed by atoms with van der Waals surface area (Å²) in [5.74, 6) is 0.672. The summed E-state index contributed by atoms with van der Waals surface area (Å²) in [4.78, 5) is 11.9. The number of amides is 2. The van der Waals surface area contributed by atoms with Gasteiger partial charge < -0.3 is 20.5 Å². The molecule has 3 N–H and O–H groups in total. The highest BCUT2D eigenvalue weighted by Crippen LogP contribution is 2.25. The highest BCUT2D eigenvalue weighted by molar-refractivity contribution is 5.91. The zero-order valence-corrected chi connectivity index (χ0v) is 12.4. The van der Waals surface area contributed by atoms with Gasteiger partial charge in [-0.1, -0.05) is 6.07 Å². The second kappa shape index (κ2) is 8.43. The quantitative estimate of drug-likeness (QED) is 0.719. The van der Waals surface area contributed by atoms with Crippen LogP contribution in [0.2, 0.25) is 0 Å². The summed E-state index contributed by atoms with van der Waals surface area (Å²) in [5.41, 5.74) is 1.74. The number of aryl methyl sites for hydroxylation is 1. The molecule has 0 spiro atoms. The SMILES string of the molecule is CCOc1cc(C)ccc1NC(=O)NC(C)CCCO. The van der Waals surface area contributed by atoms with Gasteiger partial charge in [-0.3, -0.25) is 0 Å². The van der Waals surface area contributed by atoms with Crippen molar-refractivity contribution in [3.8, 4) is 5.75 Å². The Morgan fingerprint density at radius 1 is 1.45 bits per heavy atom. The fourth-order valence-corrected chi connectivity index (χ4v) is 1.86. The first-order valence-electron chi connectivity index (χ1n) is 6.98. The molecule has 5 heteroatoms. The molecule has 0 radical (unpaired) electrons. The van der Waals surface area contributed by atoms with Crippen LogP contribution in [0.3, 0.4) is 0 Å². The molecule has 1 aromatic carbocycles. The Labute approximate surface area is 120 Å². The number of rotatable bonds is 7. The number of hydrogen-bond donors (Lipinski definition) is 3. The van der Waals surface area contributed by atoms with Gasteiger partial charge in [-0.25, -0.2) is 4.79 Å². The third kappa shape index (κ3) is 5.48. The Morgan fingerprint density at radius 2 is 2.20 bits per heavy atom. The summed E-state index contributed by atoms with van der Waals surface area (Å²) in [6, 6.07) is 5.41. The lowest BCUT2D eigenvalue weighted by Crippen LogP contribution is -2.36.